The highest BCUT2D eigenvalue weighted by molar-refractivity contribution is 6.33. The molecule has 5 rings (SSSR count). The van der Waals surface area contributed by atoms with Crippen LogP contribution in [0.15, 0.2) is 83.4 Å². The molecule has 5 aromatic rings. The average Bonchev–Trinajstić information content (AvgIpc) is 3.23. The van der Waals surface area contributed by atoms with Crippen molar-refractivity contribution >= 4 is 45.2 Å². The second-order valence-corrected chi connectivity index (χ2v) is 7.29. The van der Waals surface area contributed by atoms with Gasteiger partial charge in [0.15, 0.2) is 17.8 Å². The maximum Gasteiger partial charge on any atom is 0.262 e. The number of hydrogen-bond donors (Lipinski definition) is 1. The summed E-state index contributed by atoms with van der Waals surface area (Å²) in [6.45, 7) is -0.147. The number of nitrogens with one attached hydrogen (secondary N) is 1. The van der Waals surface area contributed by atoms with Gasteiger partial charge in [0, 0.05) is 11.8 Å². The number of rotatable bonds is 5. The largest absolute Gasteiger partial charge is 0.484 e. The van der Waals surface area contributed by atoms with E-state index in [0.717, 1.165) is 10.8 Å². The van der Waals surface area contributed by atoms with Gasteiger partial charge >= 0.3 is 0 Å². The molecule has 0 saturated carbocycles. The van der Waals surface area contributed by atoms with Gasteiger partial charge in [0.05, 0.1) is 10.7 Å². The molecule has 0 spiro atoms. The number of fused-ring (bicyclic) bond motifs is 2. The SMILES string of the molecule is O=C(COc1ccc2ccccc2c1)Nc1cc(-c2nc3ncccc3o2)ccc1Cl. The first kappa shape index (κ1) is 19.1. The van der Waals surface area contributed by atoms with Gasteiger partial charge < -0.3 is 14.5 Å². The van der Waals surface area contributed by atoms with Crippen molar-refractivity contribution in [1.82, 2.24) is 9.97 Å². The number of oxazole rings is 1. The van der Waals surface area contributed by atoms with E-state index in [1.807, 2.05) is 42.5 Å². The predicted molar refractivity (Wildman–Crippen MR) is 120 cm³/mol. The normalized spacial score (nSPS) is 11.0. The molecule has 2 heterocycles. The van der Waals surface area contributed by atoms with E-state index in [-0.39, 0.29) is 12.5 Å². The average molecular weight is 430 g/mol. The first-order chi connectivity index (χ1) is 15.2. The number of carbonyl (C=O) groups is 1. The molecule has 152 valence electrons. The van der Waals surface area contributed by atoms with Crippen molar-refractivity contribution in [2.24, 2.45) is 0 Å². The molecule has 0 aliphatic heterocycles. The lowest BCUT2D eigenvalue weighted by Crippen LogP contribution is -2.20. The molecule has 6 nitrogen and oxygen atoms in total. The van der Waals surface area contributed by atoms with Crippen LogP contribution in [0.5, 0.6) is 5.75 Å². The number of nitrogens with zero attached hydrogens (tertiary/aromatic N) is 2. The standard InChI is InChI=1S/C24H16ClN3O3/c25-19-10-8-17(24-28-23-21(31-24)6-3-11-26-23)13-20(19)27-22(29)14-30-18-9-7-15-4-1-2-5-16(15)12-18/h1-13H,14H2,(H,27,29). The number of ether oxygens (including phenoxy) is 1. The first-order valence-corrected chi connectivity index (χ1v) is 9.96. The second-order valence-electron chi connectivity index (χ2n) is 6.88. The summed E-state index contributed by atoms with van der Waals surface area (Å²) >= 11 is 6.27. The van der Waals surface area contributed by atoms with Crippen molar-refractivity contribution in [2.75, 3.05) is 11.9 Å². The number of benzene rings is 3. The van der Waals surface area contributed by atoms with E-state index >= 15 is 0 Å². The summed E-state index contributed by atoms with van der Waals surface area (Å²) in [5, 5.41) is 5.33. The molecule has 2 aromatic heterocycles. The molecule has 7 heteroatoms. The van der Waals surface area contributed by atoms with E-state index in [0.29, 0.717) is 39.1 Å². The minimum absolute atomic E-state index is 0.147. The second kappa shape index (κ2) is 8.08. The Morgan fingerprint density at radius 2 is 1.87 bits per heavy atom. The Kier molecular flexibility index (Phi) is 4.98. The third-order valence-electron chi connectivity index (χ3n) is 4.74. The summed E-state index contributed by atoms with van der Waals surface area (Å²) in [6.07, 6.45) is 1.65. The van der Waals surface area contributed by atoms with Gasteiger partial charge in [-0.05, 0) is 53.2 Å². The number of amides is 1. The lowest BCUT2D eigenvalue weighted by molar-refractivity contribution is -0.118. The monoisotopic (exact) mass is 429 g/mol. The van der Waals surface area contributed by atoms with Gasteiger partial charge in [-0.1, -0.05) is 41.9 Å². The molecule has 0 aliphatic rings. The Balaban J connectivity index is 1.30. The fourth-order valence-corrected chi connectivity index (χ4v) is 3.40. The van der Waals surface area contributed by atoms with E-state index in [1.165, 1.54) is 0 Å². The van der Waals surface area contributed by atoms with Crippen LogP contribution in [0, 0.1) is 0 Å². The third-order valence-corrected chi connectivity index (χ3v) is 5.07. The van der Waals surface area contributed by atoms with Gasteiger partial charge in [-0.15, -0.1) is 0 Å². The highest BCUT2D eigenvalue weighted by Gasteiger charge is 2.13. The van der Waals surface area contributed by atoms with Gasteiger partial charge in [0.25, 0.3) is 5.91 Å². The fraction of sp³-hybridized carbons (Fsp3) is 0.0417. The summed E-state index contributed by atoms with van der Waals surface area (Å²) < 4.78 is 11.4. The van der Waals surface area contributed by atoms with Crippen LogP contribution in [0.2, 0.25) is 5.02 Å². The molecule has 0 bridgehead atoms. The zero-order chi connectivity index (χ0) is 21.2. The van der Waals surface area contributed by atoms with Crippen LogP contribution in [-0.2, 0) is 4.79 Å². The van der Waals surface area contributed by atoms with Crippen LogP contribution >= 0.6 is 11.6 Å². The minimum atomic E-state index is -0.327. The van der Waals surface area contributed by atoms with Crippen LogP contribution in [0.4, 0.5) is 5.69 Å². The molecule has 3 aromatic carbocycles. The lowest BCUT2D eigenvalue weighted by atomic mass is 10.1. The molecular weight excluding hydrogens is 414 g/mol. The van der Waals surface area contributed by atoms with E-state index in [1.54, 1.807) is 36.5 Å². The van der Waals surface area contributed by atoms with Crippen molar-refractivity contribution in [2.45, 2.75) is 0 Å². The van der Waals surface area contributed by atoms with Crippen molar-refractivity contribution < 1.29 is 13.9 Å². The first-order valence-electron chi connectivity index (χ1n) is 9.59. The number of hydrogen-bond acceptors (Lipinski definition) is 5. The minimum Gasteiger partial charge on any atom is -0.484 e. The smallest absolute Gasteiger partial charge is 0.262 e. The van der Waals surface area contributed by atoms with Gasteiger partial charge in [-0.3, -0.25) is 4.79 Å². The van der Waals surface area contributed by atoms with Crippen LogP contribution in [-0.4, -0.2) is 22.5 Å². The molecule has 0 fully saturated rings. The highest BCUT2D eigenvalue weighted by atomic mass is 35.5. The molecule has 0 unspecified atom stereocenters. The highest BCUT2D eigenvalue weighted by Crippen LogP contribution is 2.30. The van der Waals surface area contributed by atoms with Gasteiger partial charge in [0.1, 0.15) is 5.75 Å². The Hall–Kier alpha value is -3.90. The predicted octanol–water partition coefficient (Wildman–Crippen LogP) is 5.71. The van der Waals surface area contributed by atoms with Crippen LogP contribution in [0.25, 0.3) is 33.5 Å². The number of halogens is 1. The lowest BCUT2D eigenvalue weighted by Gasteiger charge is -2.10. The molecule has 1 amide bonds. The molecule has 0 radical (unpaired) electrons. The summed E-state index contributed by atoms with van der Waals surface area (Å²) in [6, 6.07) is 22.4. The van der Waals surface area contributed by atoms with Gasteiger partial charge in [0.2, 0.25) is 5.89 Å². The molecule has 0 atom stereocenters. The number of aromatic nitrogens is 2. The third kappa shape index (κ3) is 4.06. The van der Waals surface area contributed by atoms with Crippen LogP contribution in [0.1, 0.15) is 0 Å². The topological polar surface area (TPSA) is 77.2 Å². The zero-order valence-electron chi connectivity index (χ0n) is 16.2. The Morgan fingerprint density at radius 3 is 2.74 bits per heavy atom. The fourth-order valence-electron chi connectivity index (χ4n) is 3.24. The van der Waals surface area contributed by atoms with Gasteiger partial charge in [-0.2, -0.15) is 4.98 Å². The molecule has 31 heavy (non-hydrogen) atoms. The molecule has 0 aliphatic carbocycles. The molecular formula is C24H16ClN3O3. The van der Waals surface area contributed by atoms with Crippen LogP contribution < -0.4 is 10.1 Å². The number of carbonyl (C=O) groups excluding carboxylic acids is 1. The molecule has 1 N–H and O–H groups in total. The summed E-state index contributed by atoms with van der Waals surface area (Å²) in [5.41, 5.74) is 2.22. The maximum atomic E-state index is 12.4. The maximum absolute atomic E-state index is 12.4. The zero-order valence-corrected chi connectivity index (χ0v) is 17.0. The summed E-state index contributed by atoms with van der Waals surface area (Å²) in [4.78, 5) is 21.0. The van der Waals surface area contributed by atoms with Crippen LogP contribution in [0.3, 0.4) is 0 Å². The number of anilines is 1. The Morgan fingerprint density at radius 1 is 1.00 bits per heavy atom. The molecule has 0 saturated heterocycles. The van der Waals surface area contributed by atoms with E-state index in [4.69, 9.17) is 20.8 Å². The van der Waals surface area contributed by atoms with Crippen molar-refractivity contribution in [3.05, 3.63) is 84.0 Å². The van der Waals surface area contributed by atoms with Gasteiger partial charge in [-0.25, -0.2) is 4.98 Å². The van der Waals surface area contributed by atoms with Crippen molar-refractivity contribution in [1.29, 1.82) is 0 Å². The van der Waals surface area contributed by atoms with E-state index in [2.05, 4.69) is 15.3 Å². The van der Waals surface area contributed by atoms with Crippen molar-refractivity contribution in [3.8, 4) is 17.2 Å². The number of pyridine rings is 1. The summed E-state index contributed by atoms with van der Waals surface area (Å²) in [5.74, 6) is 0.687. The Labute approximate surface area is 182 Å². The quantitative estimate of drug-likeness (QED) is 0.387. The van der Waals surface area contributed by atoms with E-state index < -0.39 is 0 Å². The van der Waals surface area contributed by atoms with E-state index in [9.17, 15) is 4.79 Å². The van der Waals surface area contributed by atoms with Crippen molar-refractivity contribution in [3.63, 3.8) is 0 Å². The summed E-state index contributed by atoms with van der Waals surface area (Å²) in [7, 11) is 0. The Bertz CT molecular complexity index is 1380.